The van der Waals surface area contributed by atoms with Crippen molar-refractivity contribution >= 4 is 17.2 Å². The molecule has 0 bridgehead atoms. The lowest BCUT2D eigenvalue weighted by Crippen LogP contribution is -2.28. The summed E-state index contributed by atoms with van der Waals surface area (Å²) in [6.45, 7) is 5.82. The molecule has 0 spiro atoms. The molecule has 2 aromatic heterocycles. The van der Waals surface area contributed by atoms with Gasteiger partial charge in [0.15, 0.2) is 5.82 Å². The summed E-state index contributed by atoms with van der Waals surface area (Å²) in [5.41, 5.74) is 1.56. The van der Waals surface area contributed by atoms with Gasteiger partial charge in [-0.3, -0.25) is 4.79 Å². The molecule has 7 heteroatoms. The summed E-state index contributed by atoms with van der Waals surface area (Å²) in [6.07, 6.45) is 0. The molecule has 1 aromatic carbocycles. The number of aryl methyl sites for hydroxylation is 2. The van der Waals surface area contributed by atoms with Crippen molar-refractivity contribution in [3.8, 4) is 5.69 Å². The van der Waals surface area contributed by atoms with Crippen LogP contribution < -0.4 is 5.32 Å². The summed E-state index contributed by atoms with van der Waals surface area (Å²) in [7, 11) is 0. The zero-order valence-corrected chi connectivity index (χ0v) is 14.0. The number of rotatable bonds is 4. The molecular weight excluding hydrogens is 310 g/mol. The average molecular weight is 327 g/mol. The van der Waals surface area contributed by atoms with E-state index in [1.807, 2.05) is 57.2 Å². The highest BCUT2D eigenvalue weighted by Crippen LogP contribution is 2.21. The summed E-state index contributed by atoms with van der Waals surface area (Å²) in [4.78, 5) is 14.6. The zero-order valence-electron chi connectivity index (χ0n) is 13.1. The van der Waals surface area contributed by atoms with Gasteiger partial charge in [-0.1, -0.05) is 18.2 Å². The van der Waals surface area contributed by atoms with E-state index in [4.69, 9.17) is 0 Å². The third kappa shape index (κ3) is 3.14. The Morgan fingerprint density at radius 1 is 1.26 bits per heavy atom. The summed E-state index contributed by atoms with van der Waals surface area (Å²) in [5.74, 6) is 0.483. The number of nitrogens with zero attached hydrogens (tertiary/aromatic N) is 4. The van der Waals surface area contributed by atoms with E-state index in [-0.39, 0.29) is 11.9 Å². The minimum Gasteiger partial charge on any atom is -0.342 e. The first-order chi connectivity index (χ1) is 11.1. The van der Waals surface area contributed by atoms with E-state index in [1.54, 1.807) is 16.0 Å². The van der Waals surface area contributed by atoms with E-state index >= 15 is 0 Å². The summed E-state index contributed by atoms with van der Waals surface area (Å²) < 4.78 is 1.64. The quantitative estimate of drug-likeness (QED) is 0.800. The lowest BCUT2D eigenvalue weighted by atomic mass is 10.2. The lowest BCUT2D eigenvalue weighted by Gasteiger charge is -2.13. The number of benzene rings is 1. The smallest absolute Gasteiger partial charge is 0.252 e. The number of aromatic nitrogens is 4. The van der Waals surface area contributed by atoms with Crippen LogP contribution in [0.1, 0.15) is 38.9 Å². The number of nitrogens with one attached hydrogen (secondary N) is 1. The molecule has 1 unspecified atom stereocenters. The Morgan fingerprint density at radius 3 is 2.65 bits per heavy atom. The van der Waals surface area contributed by atoms with Crippen molar-refractivity contribution in [2.45, 2.75) is 26.8 Å². The van der Waals surface area contributed by atoms with Gasteiger partial charge >= 0.3 is 0 Å². The van der Waals surface area contributed by atoms with Crippen molar-refractivity contribution in [1.29, 1.82) is 0 Å². The Balaban J connectivity index is 1.82. The van der Waals surface area contributed by atoms with Crippen LogP contribution in [0.3, 0.4) is 0 Å². The highest BCUT2D eigenvalue weighted by molar-refractivity contribution is 7.12. The fraction of sp³-hybridized carbons (Fsp3) is 0.250. The van der Waals surface area contributed by atoms with Crippen LogP contribution in [0, 0.1) is 13.8 Å². The van der Waals surface area contributed by atoms with E-state index < -0.39 is 0 Å². The van der Waals surface area contributed by atoms with E-state index in [9.17, 15) is 4.79 Å². The minimum atomic E-state index is -0.308. The van der Waals surface area contributed by atoms with Crippen LogP contribution in [0.2, 0.25) is 0 Å². The van der Waals surface area contributed by atoms with Crippen molar-refractivity contribution in [2.75, 3.05) is 0 Å². The van der Waals surface area contributed by atoms with Gasteiger partial charge in [0.25, 0.3) is 5.91 Å². The van der Waals surface area contributed by atoms with Gasteiger partial charge in [-0.05, 0) is 49.4 Å². The van der Waals surface area contributed by atoms with Crippen LogP contribution in [0.15, 0.2) is 36.4 Å². The van der Waals surface area contributed by atoms with Crippen LogP contribution >= 0.6 is 11.3 Å². The number of carbonyl (C=O) groups is 1. The maximum absolute atomic E-state index is 12.4. The van der Waals surface area contributed by atoms with Crippen molar-refractivity contribution in [1.82, 2.24) is 25.5 Å². The van der Waals surface area contributed by atoms with E-state index in [2.05, 4.69) is 20.8 Å². The highest BCUT2D eigenvalue weighted by atomic mass is 32.1. The average Bonchev–Trinajstić information content (AvgIpc) is 3.14. The van der Waals surface area contributed by atoms with Crippen molar-refractivity contribution < 1.29 is 4.79 Å². The topological polar surface area (TPSA) is 72.7 Å². The third-order valence-electron chi connectivity index (χ3n) is 3.51. The number of amides is 1. The molecule has 2 heterocycles. The number of tetrazole rings is 1. The molecule has 1 amide bonds. The lowest BCUT2D eigenvalue weighted by molar-refractivity contribution is 0.0937. The van der Waals surface area contributed by atoms with E-state index in [0.717, 1.165) is 15.4 Å². The van der Waals surface area contributed by atoms with Crippen molar-refractivity contribution in [2.24, 2.45) is 0 Å². The molecule has 0 aliphatic heterocycles. The SMILES string of the molecule is Cc1cc(C(=O)NC(C)c2nnnn2-c2ccccc2)c(C)s1. The van der Waals surface area contributed by atoms with Gasteiger partial charge in [-0.15, -0.1) is 16.4 Å². The molecule has 0 aliphatic carbocycles. The Kier molecular flexibility index (Phi) is 4.20. The van der Waals surface area contributed by atoms with E-state index in [1.165, 1.54) is 0 Å². The molecule has 118 valence electrons. The molecule has 3 rings (SSSR count). The standard InChI is InChI=1S/C16H17N5OS/c1-10-9-14(12(3)23-10)16(22)17-11(2)15-18-19-20-21(15)13-7-5-4-6-8-13/h4-9,11H,1-3H3,(H,17,22). The molecule has 0 saturated carbocycles. The van der Waals surface area contributed by atoms with Gasteiger partial charge in [0.05, 0.1) is 17.3 Å². The number of carbonyl (C=O) groups excluding carboxylic acids is 1. The predicted molar refractivity (Wildman–Crippen MR) is 88.8 cm³/mol. The van der Waals surface area contributed by atoms with Gasteiger partial charge in [0, 0.05) is 9.75 Å². The fourth-order valence-corrected chi connectivity index (χ4v) is 3.33. The van der Waals surface area contributed by atoms with Crippen LogP contribution in [0.4, 0.5) is 0 Å². The Labute approximate surface area is 138 Å². The molecule has 23 heavy (non-hydrogen) atoms. The Hall–Kier alpha value is -2.54. The predicted octanol–water partition coefficient (Wildman–Crippen LogP) is 2.83. The molecule has 0 radical (unpaired) electrons. The third-order valence-corrected chi connectivity index (χ3v) is 4.48. The van der Waals surface area contributed by atoms with Gasteiger partial charge in [0.2, 0.25) is 0 Å². The van der Waals surface area contributed by atoms with Crippen LogP contribution in [-0.4, -0.2) is 26.1 Å². The molecule has 1 N–H and O–H groups in total. The van der Waals surface area contributed by atoms with E-state index in [0.29, 0.717) is 11.4 Å². The fourth-order valence-electron chi connectivity index (χ4n) is 2.41. The number of hydrogen-bond donors (Lipinski definition) is 1. The molecule has 0 fully saturated rings. The minimum absolute atomic E-state index is 0.109. The van der Waals surface area contributed by atoms with Crippen molar-refractivity contribution in [3.05, 3.63) is 57.5 Å². The van der Waals surface area contributed by atoms with Gasteiger partial charge < -0.3 is 5.32 Å². The molecular formula is C16H17N5OS. The maximum Gasteiger partial charge on any atom is 0.252 e. The zero-order chi connectivity index (χ0) is 16.4. The van der Waals surface area contributed by atoms with Crippen LogP contribution in [0.25, 0.3) is 5.69 Å². The first kappa shape index (κ1) is 15.4. The Bertz CT molecular complexity index is 824. The van der Waals surface area contributed by atoms with Crippen LogP contribution in [-0.2, 0) is 0 Å². The summed E-state index contributed by atoms with van der Waals surface area (Å²) in [5, 5.41) is 14.8. The van der Waals surface area contributed by atoms with Crippen molar-refractivity contribution in [3.63, 3.8) is 0 Å². The second-order valence-corrected chi connectivity index (χ2v) is 6.77. The number of thiophene rings is 1. The van der Waals surface area contributed by atoms with Gasteiger partial charge in [0.1, 0.15) is 0 Å². The highest BCUT2D eigenvalue weighted by Gasteiger charge is 2.20. The number of para-hydroxylation sites is 1. The monoisotopic (exact) mass is 327 g/mol. The molecule has 3 aromatic rings. The first-order valence-electron chi connectivity index (χ1n) is 7.28. The molecule has 0 aliphatic rings. The van der Waals surface area contributed by atoms with Gasteiger partial charge in [-0.25, -0.2) is 0 Å². The summed E-state index contributed by atoms with van der Waals surface area (Å²) >= 11 is 1.62. The largest absolute Gasteiger partial charge is 0.342 e. The van der Waals surface area contributed by atoms with Crippen LogP contribution in [0.5, 0.6) is 0 Å². The maximum atomic E-state index is 12.4. The molecule has 6 nitrogen and oxygen atoms in total. The number of hydrogen-bond acceptors (Lipinski definition) is 5. The Morgan fingerprint density at radius 2 is 2.00 bits per heavy atom. The second kappa shape index (κ2) is 6.29. The first-order valence-corrected chi connectivity index (χ1v) is 8.09. The second-order valence-electron chi connectivity index (χ2n) is 5.31. The summed E-state index contributed by atoms with van der Waals surface area (Å²) in [6, 6.07) is 11.2. The normalized spacial score (nSPS) is 12.1. The molecule has 0 saturated heterocycles. The molecule has 1 atom stereocenters. The van der Waals surface area contributed by atoms with Gasteiger partial charge in [-0.2, -0.15) is 4.68 Å².